The van der Waals surface area contributed by atoms with Crippen molar-refractivity contribution in [2.24, 2.45) is 0 Å². The first kappa shape index (κ1) is 17.4. The van der Waals surface area contributed by atoms with Crippen LogP contribution in [0.4, 0.5) is 5.13 Å². The number of rotatable bonds is 5. The molecule has 0 aliphatic heterocycles. The van der Waals surface area contributed by atoms with Gasteiger partial charge in [-0.3, -0.25) is 4.79 Å². The average molecular weight is 418 g/mol. The summed E-state index contributed by atoms with van der Waals surface area (Å²) in [5.41, 5.74) is 2.48. The number of anilines is 1. The highest BCUT2D eigenvalue weighted by Crippen LogP contribution is 2.31. The lowest BCUT2D eigenvalue weighted by molar-refractivity contribution is -0.115. The Kier molecular flexibility index (Phi) is 5.12. The summed E-state index contributed by atoms with van der Waals surface area (Å²) in [6.07, 6.45) is 0.203. The van der Waals surface area contributed by atoms with E-state index in [2.05, 4.69) is 15.3 Å². The van der Waals surface area contributed by atoms with Gasteiger partial charge < -0.3 is 5.32 Å². The highest BCUT2D eigenvalue weighted by atomic mass is 35.5. The van der Waals surface area contributed by atoms with Crippen LogP contribution < -0.4 is 5.32 Å². The summed E-state index contributed by atoms with van der Waals surface area (Å²) in [7, 11) is 0. The van der Waals surface area contributed by atoms with Crippen LogP contribution in [0.5, 0.6) is 0 Å². The number of carbonyl (C=O) groups is 1. The lowest BCUT2D eigenvalue weighted by atomic mass is 10.2. The molecular weight excluding hydrogens is 406 g/mol. The molecule has 0 saturated carbocycles. The minimum absolute atomic E-state index is 0.131. The largest absolute Gasteiger partial charge is 0.302 e. The number of nitrogens with one attached hydrogen (secondary N) is 1. The van der Waals surface area contributed by atoms with Crippen molar-refractivity contribution in [1.29, 1.82) is 0 Å². The monoisotopic (exact) mass is 417 g/mol. The highest BCUT2D eigenvalue weighted by Gasteiger charge is 2.13. The van der Waals surface area contributed by atoms with E-state index in [1.807, 2.05) is 52.5 Å². The maximum absolute atomic E-state index is 12.3. The molecule has 0 spiro atoms. The Hall–Kier alpha value is -2.06. The second-order valence-electron chi connectivity index (χ2n) is 5.36. The molecule has 0 aliphatic rings. The van der Waals surface area contributed by atoms with Crippen LogP contribution in [-0.2, 0) is 11.2 Å². The SMILES string of the molecule is O=C(Cc1csc(-c2ccccc2Cl)n1)Nc1nc(-c2cccs2)cs1. The minimum atomic E-state index is -0.131. The van der Waals surface area contributed by atoms with Crippen molar-refractivity contribution in [3.63, 3.8) is 0 Å². The van der Waals surface area contributed by atoms with Gasteiger partial charge in [0.05, 0.1) is 27.7 Å². The van der Waals surface area contributed by atoms with E-state index in [0.29, 0.717) is 10.2 Å². The molecule has 3 aromatic heterocycles. The zero-order chi connectivity index (χ0) is 17.9. The summed E-state index contributed by atoms with van der Waals surface area (Å²) in [5, 5.41) is 10.7. The van der Waals surface area contributed by atoms with E-state index < -0.39 is 0 Å². The van der Waals surface area contributed by atoms with Gasteiger partial charge in [0.2, 0.25) is 5.91 Å². The first-order chi connectivity index (χ1) is 12.7. The van der Waals surface area contributed by atoms with Crippen molar-refractivity contribution >= 4 is 56.7 Å². The summed E-state index contributed by atoms with van der Waals surface area (Å²) in [6, 6.07) is 11.5. The van der Waals surface area contributed by atoms with Crippen LogP contribution in [0.3, 0.4) is 0 Å². The molecule has 0 saturated heterocycles. The molecule has 0 atom stereocenters. The Morgan fingerprint density at radius 1 is 1.04 bits per heavy atom. The van der Waals surface area contributed by atoms with Gasteiger partial charge >= 0.3 is 0 Å². The van der Waals surface area contributed by atoms with Gasteiger partial charge in [-0.25, -0.2) is 9.97 Å². The number of thiophene rings is 1. The summed E-state index contributed by atoms with van der Waals surface area (Å²) in [5.74, 6) is -0.131. The van der Waals surface area contributed by atoms with Gasteiger partial charge in [-0.15, -0.1) is 34.0 Å². The van der Waals surface area contributed by atoms with Crippen molar-refractivity contribution in [2.75, 3.05) is 5.32 Å². The number of carbonyl (C=O) groups excluding carboxylic acids is 1. The number of aromatic nitrogens is 2. The van der Waals surface area contributed by atoms with E-state index in [1.54, 1.807) is 11.3 Å². The highest BCUT2D eigenvalue weighted by molar-refractivity contribution is 7.16. The minimum Gasteiger partial charge on any atom is -0.302 e. The fourth-order valence-electron chi connectivity index (χ4n) is 2.34. The average Bonchev–Trinajstić information content (AvgIpc) is 3.36. The van der Waals surface area contributed by atoms with Crippen molar-refractivity contribution in [3.8, 4) is 21.1 Å². The third-order valence-corrected chi connectivity index (χ3v) is 6.43. The lowest BCUT2D eigenvalue weighted by Crippen LogP contribution is -2.14. The molecule has 3 heterocycles. The molecule has 0 unspecified atom stereocenters. The molecule has 0 bridgehead atoms. The second-order valence-corrected chi connectivity index (χ2v) is 8.44. The first-order valence-electron chi connectivity index (χ1n) is 7.67. The summed E-state index contributed by atoms with van der Waals surface area (Å²) < 4.78 is 0. The van der Waals surface area contributed by atoms with E-state index >= 15 is 0 Å². The molecule has 0 radical (unpaired) electrons. The third kappa shape index (κ3) is 3.86. The van der Waals surface area contributed by atoms with Gasteiger partial charge in [0.25, 0.3) is 0 Å². The van der Waals surface area contributed by atoms with Crippen molar-refractivity contribution in [3.05, 3.63) is 63.3 Å². The number of halogens is 1. The summed E-state index contributed by atoms with van der Waals surface area (Å²) in [6.45, 7) is 0. The Labute approximate surface area is 167 Å². The predicted molar refractivity (Wildman–Crippen MR) is 110 cm³/mol. The topological polar surface area (TPSA) is 54.9 Å². The molecular formula is C18H12ClN3OS3. The van der Waals surface area contributed by atoms with E-state index in [9.17, 15) is 4.79 Å². The number of amides is 1. The molecule has 4 nitrogen and oxygen atoms in total. The second kappa shape index (κ2) is 7.67. The maximum Gasteiger partial charge on any atom is 0.232 e. The first-order valence-corrected chi connectivity index (χ1v) is 10.7. The number of thiazole rings is 2. The van der Waals surface area contributed by atoms with Gasteiger partial charge in [-0.05, 0) is 17.5 Å². The van der Waals surface area contributed by atoms with Gasteiger partial charge in [0.15, 0.2) is 5.13 Å². The van der Waals surface area contributed by atoms with Gasteiger partial charge in [0.1, 0.15) is 5.01 Å². The van der Waals surface area contributed by atoms with E-state index in [0.717, 1.165) is 26.8 Å². The molecule has 4 aromatic rings. The predicted octanol–water partition coefficient (Wildman–Crippen LogP) is 5.83. The quantitative estimate of drug-likeness (QED) is 0.444. The van der Waals surface area contributed by atoms with Gasteiger partial charge in [-0.2, -0.15) is 0 Å². The Balaban J connectivity index is 1.42. The fraction of sp³-hybridized carbons (Fsp3) is 0.0556. The zero-order valence-electron chi connectivity index (χ0n) is 13.3. The molecule has 4 rings (SSSR count). The summed E-state index contributed by atoms with van der Waals surface area (Å²) >= 11 is 10.7. The Bertz CT molecular complexity index is 1040. The van der Waals surface area contributed by atoms with Crippen molar-refractivity contribution < 1.29 is 4.79 Å². The van der Waals surface area contributed by atoms with Crippen LogP contribution in [0.2, 0.25) is 5.02 Å². The van der Waals surface area contributed by atoms with E-state index in [1.165, 1.54) is 22.7 Å². The summed E-state index contributed by atoms with van der Waals surface area (Å²) in [4.78, 5) is 22.4. The Morgan fingerprint density at radius 2 is 1.92 bits per heavy atom. The number of hydrogen-bond acceptors (Lipinski definition) is 6. The van der Waals surface area contributed by atoms with Crippen LogP contribution in [0.25, 0.3) is 21.1 Å². The van der Waals surface area contributed by atoms with Crippen LogP contribution in [0.1, 0.15) is 5.69 Å². The van der Waals surface area contributed by atoms with Crippen LogP contribution in [-0.4, -0.2) is 15.9 Å². The molecule has 1 N–H and O–H groups in total. The van der Waals surface area contributed by atoms with E-state index in [4.69, 9.17) is 11.6 Å². The van der Waals surface area contributed by atoms with Crippen LogP contribution >= 0.6 is 45.6 Å². The molecule has 8 heteroatoms. The molecule has 1 amide bonds. The lowest BCUT2D eigenvalue weighted by Gasteiger charge is -2.00. The normalized spacial score (nSPS) is 10.8. The molecule has 26 heavy (non-hydrogen) atoms. The van der Waals surface area contributed by atoms with Crippen LogP contribution in [0.15, 0.2) is 52.5 Å². The molecule has 0 fully saturated rings. The van der Waals surface area contributed by atoms with E-state index in [-0.39, 0.29) is 12.3 Å². The molecule has 0 aliphatic carbocycles. The molecule has 130 valence electrons. The zero-order valence-corrected chi connectivity index (χ0v) is 16.5. The maximum atomic E-state index is 12.3. The third-order valence-electron chi connectivity index (χ3n) is 3.52. The molecule has 1 aromatic carbocycles. The number of benzene rings is 1. The Morgan fingerprint density at radius 3 is 2.73 bits per heavy atom. The number of nitrogens with zero attached hydrogens (tertiary/aromatic N) is 2. The standard InChI is InChI=1S/C18H12ClN3OS3/c19-13-5-2-1-4-12(13)17-20-11(9-25-17)8-16(23)22-18-21-14(10-26-18)15-6-3-7-24-15/h1-7,9-10H,8H2,(H,21,22,23). The van der Waals surface area contributed by atoms with Gasteiger partial charge in [-0.1, -0.05) is 35.9 Å². The fourth-order valence-corrected chi connectivity index (χ4v) is 4.97. The van der Waals surface area contributed by atoms with Crippen molar-refractivity contribution in [2.45, 2.75) is 6.42 Å². The van der Waals surface area contributed by atoms with Crippen LogP contribution in [0, 0.1) is 0 Å². The smallest absolute Gasteiger partial charge is 0.232 e. The van der Waals surface area contributed by atoms with Gasteiger partial charge in [0, 0.05) is 16.3 Å². The van der Waals surface area contributed by atoms with Crippen molar-refractivity contribution in [1.82, 2.24) is 9.97 Å². The number of hydrogen-bond donors (Lipinski definition) is 1.